The van der Waals surface area contributed by atoms with E-state index in [-0.39, 0.29) is 0 Å². The Hall–Kier alpha value is -2.08. The molecule has 0 bridgehead atoms. The molecule has 1 N–H and O–H groups in total. The van der Waals surface area contributed by atoms with Gasteiger partial charge in [0.1, 0.15) is 0 Å². The van der Waals surface area contributed by atoms with E-state index in [4.69, 9.17) is 0 Å². The van der Waals surface area contributed by atoms with Gasteiger partial charge in [-0.25, -0.2) is 8.42 Å². The maximum atomic E-state index is 11.4. The first-order valence-corrected chi connectivity index (χ1v) is 8.35. The first-order chi connectivity index (χ1) is 9.67. The van der Waals surface area contributed by atoms with Gasteiger partial charge in [0, 0.05) is 12.6 Å². The van der Waals surface area contributed by atoms with Crippen LogP contribution in [0.3, 0.4) is 0 Å². The summed E-state index contributed by atoms with van der Waals surface area (Å²) in [5, 5.41) is 6.16. The lowest BCUT2D eigenvalue weighted by molar-refractivity contribution is 0.453. The average Bonchev–Trinajstić information content (AvgIpc) is 2.36. The van der Waals surface area contributed by atoms with Crippen molar-refractivity contribution in [2.45, 2.75) is 13.8 Å². The van der Waals surface area contributed by atoms with Crippen LogP contribution in [0.25, 0.3) is 0 Å². The Balaban J connectivity index is 2.45. The highest BCUT2D eigenvalue weighted by atomic mass is 32.2. The standard InChI is InChI=1S/C15H19N3O2S/c1-10-6-7-13(9-14(10)17-21(5,19)20)15-8-11(2)12(3)18(4)16-15/h6-9,17H,3H2,1-2,4-5H3. The Kier molecular flexibility index (Phi) is 3.91. The van der Waals surface area contributed by atoms with Crippen molar-refractivity contribution in [3.63, 3.8) is 0 Å². The van der Waals surface area contributed by atoms with E-state index in [1.54, 1.807) is 11.1 Å². The summed E-state index contributed by atoms with van der Waals surface area (Å²) in [6.07, 6.45) is 3.08. The normalized spacial score (nSPS) is 15.6. The van der Waals surface area contributed by atoms with Crippen LogP contribution in [0.2, 0.25) is 0 Å². The SMILES string of the molecule is C=C1C(C)=CC(c2ccc(C)c(NS(C)(=O)=O)c2)=NN1C. The molecule has 1 aromatic rings. The van der Waals surface area contributed by atoms with Crippen molar-refractivity contribution in [2.75, 3.05) is 18.0 Å². The minimum atomic E-state index is -3.31. The molecule has 5 nitrogen and oxygen atoms in total. The van der Waals surface area contributed by atoms with Crippen molar-refractivity contribution in [3.8, 4) is 0 Å². The van der Waals surface area contributed by atoms with Gasteiger partial charge in [-0.1, -0.05) is 18.7 Å². The number of allylic oxidation sites excluding steroid dienone is 2. The molecule has 0 aromatic heterocycles. The van der Waals surface area contributed by atoms with Gasteiger partial charge in [-0.2, -0.15) is 5.10 Å². The molecule has 0 saturated carbocycles. The second-order valence-corrected chi connectivity index (χ2v) is 6.94. The molecule has 0 saturated heterocycles. The Morgan fingerprint density at radius 3 is 2.52 bits per heavy atom. The first kappa shape index (κ1) is 15.3. The molecule has 21 heavy (non-hydrogen) atoms. The van der Waals surface area contributed by atoms with E-state index in [0.717, 1.165) is 34.4 Å². The molecule has 1 aliphatic rings. The number of hydrogen-bond donors (Lipinski definition) is 1. The van der Waals surface area contributed by atoms with Crippen molar-refractivity contribution >= 4 is 21.4 Å². The molecule has 112 valence electrons. The Morgan fingerprint density at radius 2 is 1.95 bits per heavy atom. The molecule has 0 atom stereocenters. The Morgan fingerprint density at radius 1 is 1.29 bits per heavy atom. The van der Waals surface area contributed by atoms with Crippen LogP contribution in [0.5, 0.6) is 0 Å². The predicted molar refractivity (Wildman–Crippen MR) is 86.8 cm³/mol. The molecule has 0 amide bonds. The summed E-state index contributed by atoms with van der Waals surface area (Å²) in [4.78, 5) is 0. The molecular weight excluding hydrogens is 286 g/mol. The molecule has 0 fully saturated rings. The zero-order valence-corrected chi connectivity index (χ0v) is 13.5. The second kappa shape index (κ2) is 5.37. The first-order valence-electron chi connectivity index (χ1n) is 6.46. The Labute approximate surface area is 125 Å². The third-order valence-corrected chi connectivity index (χ3v) is 3.88. The van der Waals surface area contributed by atoms with Gasteiger partial charge >= 0.3 is 0 Å². The van der Waals surface area contributed by atoms with Gasteiger partial charge < -0.3 is 0 Å². The third-order valence-electron chi connectivity index (χ3n) is 3.29. The number of aryl methyl sites for hydroxylation is 1. The van der Waals surface area contributed by atoms with Crippen molar-refractivity contribution in [1.29, 1.82) is 0 Å². The molecule has 0 unspecified atom stereocenters. The topological polar surface area (TPSA) is 61.8 Å². The van der Waals surface area contributed by atoms with E-state index in [9.17, 15) is 8.42 Å². The highest BCUT2D eigenvalue weighted by Gasteiger charge is 2.14. The lowest BCUT2D eigenvalue weighted by Crippen LogP contribution is -2.19. The molecule has 6 heteroatoms. The van der Waals surface area contributed by atoms with Crippen LogP contribution >= 0.6 is 0 Å². The van der Waals surface area contributed by atoms with Gasteiger partial charge in [0.05, 0.1) is 23.4 Å². The second-order valence-electron chi connectivity index (χ2n) is 5.19. The molecule has 0 radical (unpaired) electrons. The number of benzene rings is 1. The number of anilines is 1. The zero-order valence-electron chi connectivity index (χ0n) is 12.6. The van der Waals surface area contributed by atoms with Gasteiger partial charge in [0.25, 0.3) is 0 Å². The quantitative estimate of drug-likeness (QED) is 0.933. The average molecular weight is 305 g/mol. The van der Waals surface area contributed by atoms with E-state index in [1.165, 1.54) is 0 Å². The molecular formula is C15H19N3O2S. The minimum absolute atomic E-state index is 0.566. The number of nitrogens with zero attached hydrogens (tertiary/aromatic N) is 2. The predicted octanol–water partition coefficient (Wildman–Crippen LogP) is 2.48. The minimum Gasteiger partial charge on any atom is -0.283 e. The molecule has 2 rings (SSSR count). The highest BCUT2D eigenvalue weighted by Crippen LogP contribution is 2.23. The number of hydrazone groups is 1. The maximum absolute atomic E-state index is 11.4. The highest BCUT2D eigenvalue weighted by molar-refractivity contribution is 7.92. The molecule has 1 aliphatic heterocycles. The van der Waals surface area contributed by atoms with E-state index >= 15 is 0 Å². The monoisotopic (exact) mass is 305 g/mol. The molecule has 0 spiro atoms. The van der Waals surface area contributed by atoms with Crippen LogP contribution in [0.1, 0.15) is 18.1 Å². The van der Waals surface area contributed by atoms with Gasteiger partial charge in [-0.3, -0.25) is 9.73 Å². The number of nitrogens with one attached hydrogen (secondary N) is 1. The van der Waals surface area contributed by atoms with Crippen LogP contribution in [-0.4, -0.2) is 32.4 Å². The molecule has 0 aliphatic carbocycles. The lowest BCUT2D eigenvalue weighted by atomic mass is 10.0. The van der Waals surface area contributed by atoms with E-state index in [0.29, 0.717) is 5.69 Å². The summed E-state index contributed by atoms with van der Waals surface area (Å²) in [6.45, 7) is 7.77. The van der Waals surface area contributed by atoms with Gasteiger partial charge in [-0.15, -0.1) is 0 Å². The van der Waals surface area contributed by atoms with Crippen molar-refractivity contribution in [2.24, 2.45) is 5.10 Å². The molecule has 1 aromatic carbocycles. The van der Waals surface area contributed by atoms with Gasteiger partial charge in [-0.05, 0) is 37.1 Å². The van der Waals surface area contributed by atoms with Crippen LogP contribution in [0, 0.1) is 6.92 Å². The van der Waals surface area contributed by atoms with Gasteiger partial charge in [0.15, 0.2) is 0 Å². The van der Waals surface area contributed by atoms with E-state index in [2.05, 4.69) is 16.4 Å². The van der Waals surface area contributed by atoms with Crippen LogP contribution < -0.4 is 4.72 Å². The number of hydrogen-bond acceptors (Lipinski definition) is 4. The summed E-state index contributed by atoms with van der Waals surface area (Å²) >= 11 is 0. The van der Waals surface area contributed by atoms with Crippen molar-refractivity contribution in [3.05, 3.63) is 53.3 Å². The zero-order chi connectivity index (χ0) is 15.8. The summed E-state index contributed by atoms with van der Waals surface area (Å²) in [5.41, 5.74) is 4.93. The molecule has 1 heterocycles. The fraction of sp³-hybridized carbons (Fsp3) is 0.267. The van der Waals surface area contributed by atoms with Gasteiger partial charge in [0.2, 0.25) is 10.0 Å². The summed E-state index contributed by atoms with van der Waals surface area (Å²) in [5.74, 6) is 0. The van der Waals surface area contributed by atoms with Crippen molar-refractivity contribution < 1.29 is 8.42 Å². The number of likely N-dealkylation sites (N-methyl/N-ethyl adjacent to an activating group) is 1. The fourth-order valence-corrected chi connectivity index (χ4v) is 2.65. The van der Waals surface area contributed by atoms with E-state index in [1.807, 2.05) is 39.1 Å². The van der Waals surface area contributed by atoms with Crippen LogP contribution in [0.4, 0.5) is 5.69 Å². The van der Waals surface area contributed by atoms with Crippen molar-refractivity contribution in [1.82, 2.24) is 5.01 Å². The number of rotatable bonds is 3. The smallest absolute Gasteiger partial charge is 0.229 e. The summed E-state index contributed by atoms with van der Waals surface area (Å²) in [7, 11) is -1.47. The summed E-state index contributed by atoms with van der Waals surface area (Å²) < 4.78 is 25.4. The third kappa shape index (κ3) is 3.52. The number of sulfonamides is 1. The summed E-state index contributed by atoms with van der Waals surface area (Å²) in [6, 6.07) is 5.59. The van der Waals surface area contributed by atoms with Crippen LogP contribution in [0.15, 0.2) is 47.2 Å². The Bertz CT molecular complexity index is 761. The lowest BCUT2D eigenvalue weighted by Gasteiger charge is -2.23. The maximum Gasteiger partial charge on any atom is 0.229 e. The van der Waals surface area contributed by atoms with E-state index < -0.39 is 10.0 Å². The largest absolute Gasteiger partial charge is 0.283 e. The fourth-order valence-electron chi connectivity index (χ4n) is 2.03. The van der Waals surface area contributed by atoms with Crippen LogP contribution in [-0.2, 0) is 10.0 Å².